The molecule has 0 aromatic rings. The number of hydrogen-bond acceptors (Lipinski definition) is 2. The summed E-state index contributed by atoms with van der Waals surface area (Å²) in [7, 11) is 2.27. The summed E-state index contributed by atoms with van der Waals surface area (Å²) in [5.74, 6) is 0.822. The number of piperidine rings is 1. The maximum absolute atomic E-state index is 2.55. The molecule has 1 aliphatic rings. The highest BCUT2D eigenvalue weighted by molar-refractivity contribution is 4.81. The molecule has 12 heavy (non-hydrogen) atoms. The lowest BCUT2D eigenvalue weighted by atomic mass is 9.90. The molecule has 2 nitrogen and oxygen atoms in total. The fraction of sp³-hybridized carbons (Fsp3) is 1.00. The Kier molecular flexibility index (Phi) is 4.80. The van der Waals surface area contributed by atoms with E-state index < -0.39 is 0 Å². The van der Waals surface area contributed by atoms with E-state index in [1.807, 2.05) is 0 Å². The highest BCUT2D eigenvalue weighted by Gasteiger charge is 2.26. The van der Waals surface area contributed by atoms with E-state index in [0.717, 1.165) is 18.0 Å². The molecule has 0 radical (unpaired) electrons. The Balaban J connectivity index is 0.00000121. The molecule has 74 valence electrons. The van der Waals surface area contributed by atoms with Gasteiger partial charge in [0.1, 0.15) is 0 Å². The van der Waals surface area contributed by atoms with Gasteiger partial charge in [-0.1, -0.05) is 20.3 Å². The van der Waals surface area contributed by atoms with Crippen LogP contribution in [0.1, 0.15) is 40.0 Å². The summed E-state index contributed by atoms with van der Waals surface area (Å²) < 4.78 is 0. The molecule has 0 aliphatic carbocycles. The van der Waals surface area contributed by atoms with Gasteiger partial charge >= 0.3 is 0 Å². The lowest BCUT2D eigenvalue weighted by Crippen LogP contribution is -2.44. The molecule has 1 aliphatic heterocycles. The molecule has 0 aromatic heterocycles. The van der Waals surface area contributed by atoms with E-state index >= 15 is 0 Å². The molecule has 1 rings (SSSR count). The van der Waals surface area contributed by atoms with Crippen LogP contribution in [0.5, 0.6) is 0 Å². The molecule has 0 bridgehead atoms. The second-order valence-corrected chi connectivity index (χ2v) is 4.26. The van der Waals surface area contributed by atoms with Crippen LogP contribution < -0.4 is 6.15 Å². The molecule has 1 heterocycles. The predicted octanol–water partition coefficient (Wildman–Crippen LogP) is 2.68. The molecule has 2 heteroatoms. The van der Waals surface area contributed by atoms with Gasteiger partial charge in [0, 0.05) is 12.1 Å². The van der Waals surface area contributed by atoms with Gasteiger partial charge in [-0.05, 0) is 32.7 Å². The van der Waals surface area contributed by atoms with Crippen LogP contribution in [-0.2, 0) is 0 Å². The third kappa shape index (κ3) is 2.46. The van der Waals surface area contributed by atoms with Crippen LogP contribution in [0.2, 0.25) is 0 Å². The van der Waals surface area contributed by atoms with Crippen molar-refractivity contribution in [2.45, 2.75) is 52.1 Å². The first-order chi connectivity index (χ1) is 5.13. The van der Waals surface area contributed by atoms with Crippen LogP contribution in [0.4, 0.5) is 0 Å². The van der Waals surface area contributed by atoms with E-state index in [4.69, 9.17) is 0 Å². The van der Waals surface area contributed by atoms with Gasteiger partial charge in [-0.2, -0.15) is 0 Å². The van der Waals surface area contributed by atoms with Crippen molar-refractivity contribution in [3.63, 3.8) is 0 Å². The molecule has 1 saturated heterocycles. The first-order valence-electron chi connectivity index (χ1n) is 4.85. The first-order valence-corrected chi connectivity index (χ1v) is 4.85. The van der Waals surface area contributed by atoms with Gasteiger partial charge < -0.3 is 11.1 Å². The standard InChI is InChI=1S/C10H21N.H3N/c1-8(2)10-7-5-6-9(3)11(10)4;/h8-10H,5-7H2,1-4H3;1H3. The van der Waals surface area contributed by atoms with Crippen LogP contribution in [0.15, 0.2) is 0 Å². The monoisotopic (exact) mass is 172 g/mol. The van der Waals surface area contributed by atoms with Crippen molar-refractivity contribution in [3.8, 4) is 0 Å². The molecule has 0 aromatic carbocycles. The zero-order valence-electron chi connectivity index (χ0n) is 9.01. The van der Waals surface area contributed by atoms with E-state index in [1.54, 1.807) is 0 Å². The summed E-state index contributed by atoms with van der Waals surface area (Å²) in [6.45, 7) is 7.01. The summed E-state index contributed by atoms with van der Waals surface area (Å²) in [6.07, 6.45) is 4.21. The number of hydrogen-bond donors (Lipinski definition) is 1. The summed E-state index contributed by atoms with van der Waals surface area (Å²) in [4.78, 5) is 2.55. The van der Waals surface area contributed by atoms with Gasteiger partial charge in [0.25, 0.3) is 0 Å². The third-order valence-electron chi connectivity index (χ3n) is 3.11. The fourth-order valence-corrected chi connectivity index (χ4v) is 2.16. The Bertz CT molecular complexity index is 123. The normalized spacial score (nSPS) is 31.8. The Hall–Kier alpha value is -0.0800. The molecule has 1 fully saturated rings. The van der Waals surface area contributed by atoms with E-state index in [0.29, 0.717) is 0 Å². The van der Waals surface area contributed by atoms with Gasteiger partial charge in [0.2, 0.25) is 0 Å². The van der Waals surface area contributed by atoms with Gasteiger partial charge in [0.05, 0.1) is 0 Å². The van der Waals surface area contributed by atoms with Gasteiger partial charge in [-0.3, -0.25) is 0 Å². The topological polar surface area (TPSA) is 38.2 Å². The quantitative estimate of drug-likeness (QED) is 0.660. The molecule has 2 atom stereocenters. The molecule has 0 amide bonds. The Morgan fingerprint density at radius 2 is 1.83 bits per heavy atom. The summed E-state index contributed by atoms with van der Waals surface area (Å²) in [5.41, 5.74) is 0. The number of likely N-dealkylation sites (tertiary alicyclic amines) is 1. The van der Waals surface area contributed by atoms with Crippen molar-refractivity contribution in [2.75, 3.05) is 7.05 Å². The average Bonchev–Trinajstić information content (AvgIpc) is 1.94. The summed E-state index contributed by atoms with van der Waals surface area (Å²) in [5, 5.41) is 0. The van der Waals surface area contributed by atoms with E-state index in [2.05, 4.69) is 32.7 Å². The van der Waals surface area contributed by atoms with Crippen LogP contribution in [0.25, 0.3) is 0 Å². The van der Waals surface area contributed by atoms with Crippen molar-refractivity contribution < 1.29 is 0 Å². The van der Waals surface area contributed by atoms with Crippen molar-refractivity contribution in [2.24, 2.45) is 5.92 Å². The Morgan fingerprint density at radius 3 is 2.25 bits per heavy atom. The van der Waals surface area contributed by atoms with Crippen LogP contribution in [-0.4, -0.2) is 24.0 Å². The maximum atomic E-state index is 2.55. The van der Waals surface area contributed by atoms with Crippen molar-refractivity contribution in [1.29, 1.82) is 0 Å². The first kappa shape index (κ1) is 11.9. The number of nitrogens with zero attached hydrogens (tertiary/aromatic N) is 1. The minimum atomic E-state index is 0. The molecule has 3 N–H and O–H groups in total. The summed E-state index contributed by atoms with van der Waals surface area (Å²) >= 11 is 0. The zero-order valence-corrected chi connectivity index (χ0v) is 9.01. The number of rotatable bonds is 1. The van der Waals surface area contributed by atoms with Crippen molar-refractivity contribution in [3.05, 3.63) is 0 Å². The van der Waals surface area contributed by atoms with Crippen LogP contribution >= 0.6 is 0 Å². The van der Waals surface area contributed by atoms with Crippen LogP contribution in [0, 0.1) is 5.92 Å². The van der Waals surface area contributed by atoms with Crippen LogP contribution in [0.3, 0.4) is 0 Å². The maximum Gasteiger partial charge on any atom is 0.0118 e. The SMILES string of the molecule is CC(C)C1CCCC(C)N1C.N. The van der Waals surface area contributed by atoms with E-state index in [-0.39, 0.29) is 6.15 Å². The van der Waals surface area contributed by atoms with Crippen molar-refractivity contribution >= 4 is 0 Å². The van der Waals surface area contributed by atoms with Gasteiger partial charge in [-0.15, -0.1) is 0 Å². The van der Waals surface area contributed by atoms with E-state index in [1.165, 1.54) is 19.3 Å². The third-order valence-corrected chi connectivity index (χ3v) is 3.11. The Morgan fingerprint density at radius 1 is 1.25 bits per heavy atom. The van der Waals surface area contributed by atoms with Crippen molar-refractivity contribution in [1.82, 2.24) is 11.1 Å². The smallest absolute Gasteiger partial charge is 0.0118 e. The predicted molar refractivity (Wildman–Crippen MR) is 54.7 cm³/mol. The molecule has 0 saturated carbocycles. The Labute approximate surface area is 76.9 Å². The molecular formula is C10H24N2. The largest absolute Gasteiger partial charge is 0.344 e. The fourth-order valence-electron chi connectivity index (χ4n) is 2.16. The minimum Gasteiger partial charge on any atom is -0.344 e. The molecular weight excluding hydrogens is 148 g/mol. The van der Waals surface area contributed by atoms with Gasteiger partial charge in [-0.25, -0.2) is 0 Å². The highest BCUT2D eigenvalue weighted by atomic mass is 15.2. The van der Waals surface area contributed by atoms with Gasteiger partial charge in [0.15, 0.2) is 0 Å². The average molecular weight is 172 g/mol. The second kappa shape index (κ2) is 4.83. The highest BCUT2D eigenvalue weighted by Crippen LogP contribution is 2.25. The lowest BCUT2D eigenvalue weighted by Gasteiger charge is -2.40. The van der Waals surface area contributed by atoms with E-state index in [9.17, 15) is 0 Å². The summed E-state index contributed by atoms with van der Waals surface area (Å²) in [6, 6.07) is 1.63. The lowest BCUT2D eigenvalue weighted by molar-refractivity contribution is 0.0935. The minimum absolute atomic E-state index is 0. The zero-order chi connectivity index (χ0) is 8.43. The molecule has 0 spiro atoms. The second-order valence-electron chi connectivity index (χ2n) is 4.26. The molecule has 2 unspecified atom stereocenters.